The number of quaternary nitrogens is 1. The highest BCUT2D eigenvalue weighted by Gasteiger charge is 2.16. The second-order valence-corrected chi connectivity index (χ2v) is 4.24. The van der Waals surface area contributed by atoms with Gasteiger partial charge in [-0.1, -0.05) is 11.6 Å². The molecule has 1 aliphatic heterocycles. The van der Waals surface area contributed by atoms with Gasteiger partial charge in [-0.3, -0.25) is 0 Å². The van der Waals surface area contributed by atoms with E-state index in [1.54, 1.807) is 23.1 Å². The highest BCUT2D eigenvalue weighted by molar-refractivity contribution is 6.32. The molecule has 2 rings (SSSR count). The van der Waals surface area contributed by atoms with Gasteiger partial charge in [0, 0.05) is 24.8 Å². The minimum atomic E-state index is -0.116. The molecule has 1 fully saturated rings. The van der Waals surface area contributed by atoms with Crippen LogP contribution in [0.2, 0.25) is 5.02 Å². The second-order valence-electron chi connectivity index (χ2n) is 3.84. The monoisotopic (exact) mass is 256 g/mol. The lowest BCUT2D eigenvalue weighted by Gasteiger charge is -2.26. The number of hydrogen-bond acceptors (Lipinski definition) is 2. The molecule has 4 N–H and O–H groups in total. The largest absolute Gasteiger partial charge is 0.378 e. The first-order valence-electron chi connectivity index (χ1n) is 5.42. The summed E-state index contributed by atoms with van der Waals surface area (Å²) in [5.74, 6) is 0. The Balaban J connectivity index is 1.99. The van der Waals surface area contributed by atoms with Gasteiger partial charge in [0.15, 0.2) is 0 Å². The molecule has 0 bridgehead atoms. The summed E-state index contributed by atoms with van der Waals surface area (Å²) in [5, 5.41) is 3.40. The van der Waals surface area contributed by atoms with E-state index in [4.69, 9.17) is 16.3 Å². The molecule has 0 spiro atoms. The van der Waals surface area contributed by atoms with Crippen LogP contribution in [0.25, 0.3) is 0 Å². The van der Waals surface area contributed by atoms with Crippen LogP contribution in [0.5, 0.6) is 0 Å². The van der Waals surface area contributed by atoms with Crippen molar-refractivity contribution in [3.8, 4) is 0 Å². The fraction of sp³-hybridized carbons (Fsp3) is 0.364. The van der Waals surface area contributed by atoms with E-state index in [0.29, 0.717) is 42.7 Å². The van der Waals surface area contributed by atoms with Crippen molar-refractivity contribution in [2.75, 3.05) is 31.6 Å². The zero-order valence-electron chi connectivity index (χ0n) is 9.41. The Hall–Kier alpha value is -1.30. The van der Waals surface area contributed by atoms with Gasteiger partial charge in [-0.15, -0.1) is 0 Å². The SMILES string of the molecule is [NH3+]c1cc(NC(=O)N2CCOCC2)ccc1Cl. The number of carbonyl (C=O) groups is 1. The summed E-state index contributed by atoms with van der Waals surface area (Å²) in [6, 6.07) is 5.12. The average molecular weight is 257 g/mol. The lowest BCUT2D eigenvalue weighted by Crippen LogP contribution is -2.43. The molecular weight excluding hydrogens is 242 g/mol. The van der Waals surface area contributed by atoms with E-state index >= 15 is 0 Å². The summed E-state index contributed by atoms with van der Waals surface area (Å²) in [5.41, 5.74) is 5.19. The maximum atomic E-state index is 11.9. The topological polar surface area (TPSA) is 69.2 Å². The number of amides is 2. The van der Waals surface area contributed by atoms with Crippen molar-refractivity contribution in [1.82, 2.24) is 4.90 Å². The molecule has 92 valence electrons. The first-order chi connectivity index (χ1) is 8.16. The van der Waals surface area contributed by atoms with Crippen LogP contribution in [0.1, 0.15) is 0 Å². The van der Waals surface area contributed by atoms with E-state index in [-0.39, 0.29) is 6.03 Å². The molecule has 5 nitrogen and oxygen atoms in total. The van der Waals surface area contributed by atoms with Gasteiger partial charge in [0.25, 0.3) is 0 Å². The molecule has 0 aliphatic carbocycles. The van der Waals surface area contributed by atoms with Crippen molar-refractivity contribution in [2.45, 2.75) is 0 Å². The van der Waals surface area contributed by atoms with Crippen LogP contribution in [0.4, 0.5) is 16.2 Å². The van der Waals surface area contributed by atoms with Crippen LogP contribution in [0, 0.1) is 0 Å². The number of anilines is 1. The van der Waals surface area contributed by atoms with E-state index in [2.05, 4.69) is 11.1 Å². The summed E-state index contributed by atoms with van der Waals surface area (Å²) in [6.07, 6.45) is 0. The summed E-state index contributed by atoms with van der Waals surface area (Å²) >= 11 is 5.86. The lowest BCUT2D eigenvalue weighted by atomic mass is 10.3. The lowest BCUT2D eigenvalue weighted by molar-refractivity contribution is -0.254. The van der Waals surface area contributed by atoms with E-state index < -0.39 is 0 Å². The third-order valence-electron chi connectivity index (χ3n) is 2.60. The van der Waals surface area contributed by atoms with Gasteiger partial charge in [0.05, 0.1) is 13.2 Å². The number of morpholine rings is 1. The van der Waals surface area contributed by atoms with Crippen molar-refractivity contribution < 1.29 is 15.3 Å². The summed E-state index contributed by atoms with van der Waals surface area (Å²) in [6.45, 7) is 2.43. The molecule has 0 aromatic heterocycles. The fourth-order valence-corrected chi connectivity index (χ4v) is 1.74. The quantitative estimate of drug-likeness (QED) is 0.789. The van der Waals surface area contributed by atoms with Gasteiger partial charge in [-0.2, -0.15) is 0 Å². The third kappa shape index (κ3) is 3.09. The van der Waals surface area contributed by atoms with Gasteiger partial charge in [-0.05, 0) is 12.1 Å². The molecule has 0 unspecified atom stereocenters. The van der Waals surface area contributed by atoms with Crippen LogP contribution in [-0.2, 0) is 4.74 Å². The van der Waals surface area contributed by atoms with Crippen LogP contribution < -0.4 is 11.1 Å². The average Bonchev–Trinajstić information content (AvgIpc) is 2.35. The summed E-state index contributed by atoms with van der Waals surface area (Å²) in [4.78, 5) is 13.6. The number of nitrogens with zero attached hydrogens (tertiary/aromatic N) is 1. The molecule has 1 aromatic carbocycles. The molecule has 2 amide bonds. The highest BCUT2D eigenvalue weighted by Crippen LogP contribution is 2.21. The Morgan fingerprint density at radius 1 is 1.41 bits per heavy atom. The van der Waals surface area contributed by atoms with Crippen molar-refractivity contribution in [3.63, 3.8) is 0 Å². The minimum absolute atomic E-state index is 0.116. The Morgan fingerprint density at radius 3 is 2.76 bits per heavy atom. The van der Waals surface area contributed by atoms with Gasteiger partial charge in [-0.25, -0.2) is 4.79 Å². The number of carbonyl (C=O) groups excluding carboxylic acids is 1. The Labute approximate surface area is 104 Å². The molecule has 0 saturated carbocycles. The molecule has 0 atom stereocenters. The van der Waals surface area contributed by atoms with E-state index in [1.807, 2.05) is 0 Å². The highest BCUT2D eigenvalue weighted by atomic mass is 35.5. The number of rotatable bonds is 1. The van der Waals surface area contributed by atoms with Crippen molar-refractivity contribution in [3.05, 3.63) is 23.2 Å². The van der Waals surface area contributed by atoms with Gasteiger partial charge < -0.3 is 20.7 Å². The van der Waals surface area contributed by atoms with Crippen molar-refractivity contribution in [1.29, 1.82) is 0 Å². The molecular formula is C11H15ClN3O2+. The fourth-order valence-electron chi connectivity index (χ4n) is 1.62. The molecule has 0 radical (unpaired) electrons. The van der Waals surface area contributed by atoms with Gasteiger partial charge in [0.2, 0.25) is 0 Å². The van der Waals surface area contributed by atoms with Crippen LogP contribution in [0.15, 0.2) is 18.2 Å². The number of urea groups is 1. The summed E-state index contributed by atoms with van der Waals surface area (Å²) < 4.78 is 5.19. The van der Waals surface area contributed by atoms with Crippen molar-refractivity contribution in [2.24, 2.45) is 0 Å². The molecule has 6 heteroatoms. The molecule has 1 saturated heterocycles. The molecule has 17 heavy (non-hydrogen) atoms. The number of nitrogens with one attached hydrogen (secondary N) is 1. The molecule has 1 aliphatic rings. The second kappa shape index (κ2) is 5.35. The first-order valence-corrected chi connectivity index (χ1v) is 5.80. The third-order valence-corrected chi connectivity index (χ3v) is 2.96. The van der Waals surface area contributed by atoms with Crippen LogP contribution in [-0.4, -0.2) is 37.2 Å². The van der Waals surface area contributed by atoms with E-state index in [1.165, 1.54) is 0 Å². The number of benzene rings is 1. The summed E-state index contributed by atoms with van der Waals surface area (Å²) in [7, 11) is 0. The maximum absolute atomic E-state index is 11.9. The predicted octanol–water partition coefficient (Wildman–Crippen LogP) is 1.08. The minimum Gasteiger partial charge on any atom is -0.378 e. The number of halogens is 1. The Morgan fingerprint density at radius 2 is 2.12 bits per heavy atom. The maximum Gasteiger partial charge on any atom is 0.322 e. The van der Waals surface area contributed by atoms with Crippen LogP contribution >= 0.6 is 11.6 Å². The standard InChI is InChI=1S/C11H14ClN3O2/c12-9-2-1-8(7-10(9)13)14-11(16)15-3-5-17-6-4-15/h1-2,7H,3-6,13H2,(H,14,16)/p+1. The predicted molar refractivity (Wildman–Crippen MR) is 65.4 cm³/mol. The Kier molecular flexibility index (Phi) is 3.83. The van der Waals surface area contributed by atoms with Crippen LogP contribution in [0.3, 0.4) is 0 Å². The smallest absolute Gasteiger partial charge is 0.322 e. The number of hydrogen-bond donors (Lipinski definition) is 2. The zero-order valence-corrected chi connectivity index (χ0v) is 10.2. The normalized spacial score (nSPS) is 15.8. The molecule has 1 heterocycles. The van der Waals surface area contributed by atoms with Crippen molar-refractivity contribution >= 4 is 29.0 Å². The van der Waals surface area contributed by atoms with E-state index in [9.17, 15) is 4.79 Å². The number of ether oxygens (including phenoxy) is 1. The first kappa shape index (κ1) is 12.2. The zero-order chi connectivity index (χ0) is 12.3. The van der Waals surface area contributed by atoms with E-state index in [0.717, 1.165) is 0 Å². The Bertz CT molecular complexity index is 419. The molecule has 1 aromatic rings. The van der Waals surface area contributed by atoms with Gasteiger partial charge in [0.1, 0.15) is 10.7 Å². The van der Waals surface area contributed by atoms with Gasteiger partial charge >= 0.3 is 6.03 Å².